The highest BCUT2D eigenvalue weighted by Crippen LogP contribution is 2.19. The lowest BCUT2D eigenvalue weighted by atomic mass is 10.0. The van der Waals surface area contributed by atoms with Crippen molar-refractivity contribution in [3.8, 4) is 0 Å². The number of hydrogen-bond acceptors (Lipinski definition) is 3. The second-order valence-electron chi connectivity index (χ2n) is 5.03. The molecule has 4 heteroatoms. The van der Waals surface area contributed by atoms with Crippen LogP contribution in [0.1, 0.15) is 23.2 Å². The van der Waals surface area contributed by atoms with Gasteiger partial charge in [0.15, 0.2) is 0 Å². The highest BCUT2D eigenvalue weighted by atomic mass is 16.2. The van der Waals surface area contributed by atoms with Crippen LogP contribution in [0, 0.1) is 0 Å². The fourth-order valence-corrected chi connectivity index (χ4v) is 2.65. The molecule has 1 fully saturated rings. The van der Waals surface area contributed by atoms with Crippen LogP contribution < -0.4 is 5.73 Å². The first-order valence-corrected chi connectivity index (χ1v) is 6.64. The van der Waals surface area contributed by atoms with Gasteiger partial charge in [-0.15, -0.1) is 0 Å². The van der Waals surface area contributed by atoms with Gasteiger partial charge in [-0.1, -0.05) is 18.2 Å². The molecule has 0 aliphatic carbocycles. The monoisotopic (exact) mass is 255 g/mol. The average molecular weight is 255 g/mol. The van der Waals surface area contributed by atoms with Crippen molar-refractivity contribution in [2.75, 3.05) is 13.1 Å². The summed E-state index contributed by atoms with van der Waals surface area (Å²) in [6.07, 6.45) is 3.68. The number of nitrogens with two attached hydrogens (primary N) is 1. The van der Waals surface area contributed by atoms with Gasteiger partial charge >= 0.3 is 0 Å². The Morgan fingerprint density at radius 2 is 2.16 bits per heavy atom. The van der Waals surface area contributed by atoms with Crippen LogP contribution >= 0.6 is 0 Å². The van der Waals surface area contributed by atoms with Crippen molar-refractivity contribution in [3.05, 3.63) is 42.1 Å². The third-order valence-corrected chi connectivity index (χ3v) is 3.62. The predicted molar refractivity (Wildman–Crippen MR) is 74.9 cm³/mol. The third-order valence-electron chi connectivity index (χ3n) is 3.62. The molecule has 1 aromatic heterocycles. The number of rotatable bonds is 1. The van der Waals surface area contributed by atoms with Crippen LogP contribution in [0.5, 0.6) is 0 Å². The fraction of sp³-hybridized carbons (Fsp3) is 0.333. The highest BCUT2D eigenvalue weighted by molar-refractivity contribution is 6.06. The summed E-state index contributed by atoms with van der Waals surface area (Å²) in [4.78, 5) is 18.7. The first-order valence-electron chi connectivity index (χ1n) is 6.64. The van der Waals surface area contributed by atoms with Gasteiger partial charge in [-0.25, -0.2) is 0 Å². The molecule has 0 radical (unpaired) electrons. The molecule has 2 aromatic rings. The SMILES string of the molecule is NC1CCCN(C(=O)c2ccnc3ccccc23)C1. The van der Waals surface area contributed by atoms with Crippen molar-refractivity contribution in [1.29, 1.82) is 0 Å². The van der Waals surface area contributed by atoms with E-state index in [0.29, 0.717) is 6.54 Å². The molecule has 2 N–H and O–H groups in total. The number of benzene rings is 1. The molecule has 1 aliphatic rings. The zero-order chi connectivity index (χ0) is 13.2. The van der Waals surface area contributed by atoms with Crippen LogP contribution in [0.15, 0.2) is 36.5 Å². The van der Waals surface area contributed by atoms with E-state index in [-0.39, 0.29) is 11.9 Å². The Balaban J connectivity index is 1.97. The second-order valence-corrected chi connectivity index (χ2v) is 5.03. The zero-order valence-corrected chi connectivity index (χ0v) is 10.7. The van der Waals surface area contributed by atoms with E-state index in [2.05, 4.69) is 4.98 Å². The molecular formula is C15H17N3O. The molecule has 2 heterocycles. The lowest BCUT2D eigenvalue weighted by molar-refractivity contribution is 0.0711. The van der Waals surface area contributed by atoms with E-state index in [9.17, 15) is 4.79 Å². The van der Waals surface area contributed by atoms with Crippen molar-refractivity contribution in [2.45, 2.75) is 18.9 Å². The van der Waals surface area contributed by atoms with Crippen LogP contribution in [-0.2, 0) is 0 Å². The predicted octanol–water partition coefficient (Wildman–Crippen LogP) is 1.80. The largest absolute Gasteiger partial charge is 0.337 e. The summed E-state index contributed by atoms with van der Waals surface area (Å²) in [5.41, 5.74) is 7.53. The summed E-state index contributed by atoms with van der Waals surface area (Å²) in [6.45, 7) is 1.44. The maximum Gasteiger partial charge on any atom is 0.254 e. The van der Waals surface area contributed by atoms with Crippen molar-refractivity contribution in [3.63, 3.8) is 0 Å². The molecule has 1 aliphatic heterocycles. The van der Waals surface area contributed by atoms with E-state index < -0.39 is 0 Å². The molecular weight excluding hydrogens is 238 g/mol. The van der Waals surface area contributed by atoms with E-state index in [4.69, 9.17) is 5.73 Å². The molecule has 1 atom stereocenters. The first-order chi connectivity index (χ1) is 9.25. The van der Waals surface area contributed by atoms with Gasteiger partial charge in [0, 0.05) is 30.7 Å². The van der Waals surface area contributed by atoms with Gasteiger partial charge in [0.25, 0.3) is 5.91 Å². The van der Waals surface area contributed by atoms with Crippen LogP contribution in [0.3, 0.4) is 0 Å². The van der Waals surface area contributed by atoms with Gasteiger partial charge in [-0.3, -0.25) is 9.78 Å². The smallest absolute Gasteiger partial charge is 0.254 e. The number of hydrogen-bond donors (Lipinski definition) is 1. The summed E-state index contributed by atoms with van der Waals surface area (Å²) < 4.78 is 0. The molecule has 1 unspecified atom stereocenters. The quantitative estimate of drug-likeness (QED) is 0.845. The summed E-state index contributed by atoms with van der Waals surface area (Å²) in [5, 5.41) is 0.911. The van der Waals surface area contributed by atoms with Gasteiger partial charge in [0.2, 0.25) is 0 Å². The average Bonchev–Trinajstić information content (AvgIpc) is 2.46. The van der Waals surface area contributed by atoms with E-state index in [1.165, 1.54) is 0 Å². The van der Waals surface area contributed by atoms with Crippen molar-refractivity contribution >= 4 is 16.8 Å². The summed E-state index contributed by atoms with van der Waals surface area (Å²) in [7, 11) is 0. The maximum atomic E-state index is 12.6. The number of carbonyl (C=O) groups is 1. The van der Waals surface area contributed by atoms with E-state index in [1.807, 2.05) is 29.2 Å². The van der Waals surface area contributed by atoms with Gasteiger partial charge in [-0.05, 0) is 25.0 Å². The summed E-state index contributed by atoms with van der Waals surface area (Å²) in [6, 6.07) is 9.63. The van der Waals surface area contributed by atoms with Crippen molar-refractivity contribution < 1.29 is 4.79 Å². The molecule has 19 heavy (non-hydrogen) atoms. The molecule has 0 saturated carbocycles. The number of fused-ring (bicyclic) bond motifs is 1. The first kappa shape index (κ1) is 12.1. The van der Waals surface area contributed by atoms with Crippen molar-refractivity contribution in [1.82, 2.24) is 9.88 Å². The van der Waals surface area contributed by atoms with Crippen LogP contribution in [0.25, 0.3) is 10.9 Å². The Morgan fingerprint density at radius 1 is 1.32 bits per heavy atom. The van der Waals surface area contributed by atoms with Crippen LogP contribution in [0.2, 0.25) is 0 Å². The molecule has 98 valence electrons. The van der Waals surface area contributed by atoms with Gasteiger partial charge < -0.3 is 10.6 Å². The molecule has 1 saturated heterocycles. The van der Waals surface area contributed by atoms with Crippen molar-refractivity contribution in [2.24, 2.45) is 5.73 Å². The number of likely N-dealkylation sites (tertiary alicyclic amines) is 1. The van der Waals surface area contributed by atoms with E-state index >= 15 is 0 Å². The molecule has 4 nitrogen and oxygen atoms in total. The van der Waals surface area contributed by atoms with Crippen LogP contribution in [-0.4, -0.2) is 34.9 Å². The Labute approximate surface area is 112 Å². The van der Waals surface area contributed by atoms with Crippen LogP contribution in [0.4, 0.5) is 0 Å². The topological polar surface area (TPSA) is 59.2 Å². The zero-order valence-electron chi connectivity index (χ0n) is 10.7. The summed E-state index contributed by atoms with van der Waals surface area (Å²) in [5.74, 6) is 0.0637. The lowest BCUT2D eigenvalue weighted by Gasteiger charge is -2.31. The van der Waals surface area contributed by atoms with Gasteiger partial charge in [0.1, 0.15) is 0 Å². The Hall–Kier alpha value is -1.94. The number of nitrogens with zero attached hydrogens (tertiary/aromatic N) is 2. The molecule has 1 amide bonds. The molecule has 0 bridgehead atoms. The van der Waals surface area contributed by atoms with E-state index in [1.54, 1.807) is 12.3 Å². The number of pyridine rings is 1. The molecule has 3 rings (SSSR count). The normalized spacial score (nSPS) is 19.6. The minimum absolute atomic E-state index is 0.0637. The number of amides is 1. The van der Waals surface area contributed by atoms with Gasteiger partial charge in [-0.2, -0.15) is 0 Å². The molecule has 0 spiro atoms. The maximum absolute atomic E-state index is 12.6. The molecule has 1 aromatic carbocycles. The third kappa shape index (κ3) is 2.31. The summed E-state index contributed by atoms with van der Waals surface area (Å²) >= 11 is 0. The van der Waals surface area contributed by atoms with Gasteiger partial charge in [0.05, 0.1) is 11.1 Å². The minimum Gasteiger partial charge on any atom is -0.337 e. The lowest BCUT2D eigenvalue weighted by Crippen LogP contribution is -2.45. The fourth-order valence-electron chi connectivity index (χ4n) is 2.65. The number of aromatic nitrogens is 1. The Bertz CT molecular complexity index is 606. The minimum atomic E-state index is 0.0637. The second kappa shape index (κ2) is 4.97. The van der Waals surface area contributed by atoms with E-state index in [0.717, 1.165) is 35.9 Å². The number of piperidine rings is 1. The Kier molecular flexibility index (Phi) is 3.17. The highest BCUT2D eigenvalue weighted by Gasteiger charge is 2.23. The standard InChI is InChI=1S/C15H17N3O/c16-11-4-3-9-18(10-11)15(19)13-7-8-17-14-6-2-1-5-12(13)14/h1-2,5-8,11H,3-4,9-10,16H2. The Morgan fingerprint density at radius 3 is 3.00 bits per heavy atom. The number of para-hydroxylation sites is 1. The number of carbonyl (C=O) groups excluding carboxylic acids is 1.